The molecular formula is C20H26N4O2. The fraction of sp³-hybridized carbons (Fsp3) is 0.450. The molecular weight excluding hydrogens is 328 g/mol. The van der Waals surface area contributed by atoms with Gasteiger partial charge in [0.2, 0.25) is 0 Å². The van der Waals surface area contributed by atoms with Crippen molar-refractivity contribution >= 4 is 17.4 Å². The van der Waals surface area contributed by atoms with Crippen molar-refractivity contribution in [3.05, 3.63) is 41.9 Å². The van der Waals surface area contributed by atoms with E-state index in [0.29, 0.717) is 23.1 Å². The van der Waals surface area contributed by atoms with Crippen LogP contribution < -0.4 is 15.4 Å². The number of nitrogens with one attached hydrogen (secondary N) is 2. The largest absolute Gasteiger partial charge is 0.495 e. The van der Waals surface area contributed by atoms with Crippen LogP contribution >= 0.6 is 0 Å². The number of para-hydroxylation sites is 2. The highest BCUT2D eigenvalue weighted by molar-refractivity contribution is 5.93. The first-order valence-corrected chi connectivity index (χ1v) is 9.22. The summed E-state index contributed by atoms with van der Waals surface area (Å²) < 4.78 is 5.35. The zero-order valence-electron chi connectivity index (χ0n) is 15.4. The Morgan fingerprint density at radius 3 is 2.58 bits per heavy atom. The molecule has 1 amide bonds. The van der Waals surface area contributed by atoms with Crippen LogP contribution in [-0.2, 0) is 0 Å². The minimum absolute atomic E-state index is 0.134. The number of benzene rings is 1. The number of carbonyl (C=O) groups is 1. The second-order valence-electron chi connectivity index (χ2n) is 6.67. The SMILES string of the molecule is COc1ccccc1Nc1cc(C(=O)NC2CCCCCC2)nc(C)n1. The summed E-state index contributed by atoms with van der Waals surface area (Å²) in [7, 11) is 1.62. The van der Waals surface area contributed by atoms with Crippen LogP contribution in [0.4, 0.5) is 11.5 Å². The Morgan fingerprint density at radius 2 is 1.85 bits per heavy atom. The van der Waals surface area contributed by atoms with Crippen molar-refractivity contribution in [2.45, 2.75) is 51.5 Å². The minimum Gasteiger partial charge on any atom is -0.495 e. The van der Waals surface area contributed by atoms with Gasteiger partial charge in [-0.2, -0.15) is 0 Å². The van der Waals surface area contributed by atoms with Gasteiger partial charge < -0.3 is 15.4 Å². The highest BCUT2D eigenvalue weighted by atomic mass is 16.5. The molecule has 0 bridgehead atoms. The lowest BCUT2D eigenvalue weighted by atomic mass is 10.1. The van der Waals surface area contributed by atoms with E-state index in [4.69, 9.17) is 4.74 Å². The van der Waals surface area contributed by atoms with E-state index in [1.165, 1.54) is 25.7 Å². The van der Waals surface area contributed by atoms with E-state index in [0.717, 1.165) is 18.5 Å². The summed E-state index contributed by atoms with van der Waals surface area (Å²) >= 11 is 0. The Labute approximate surface area is 154 Å². The second-order valence-corrected chi connectivity index (χ2v) is 6.67. The fourth-order valence-electron chi connectivity index (χ4n) is 3.32. The van der Waals surface area contributed by atoms with Crippen LogP contribution in [-0.4, -0.2) is 29.0 Å². The zero-order valence-corrected chi connectivity index (χ0v) is 15.4. The lowest BCUT2D eigenvalue weighted by molar-refractivity contribution is 0.0928. The molecule has 0 aliphatic heterocycles. The highest BCUT2D eigenvalue weighted by Gasteiger charge is 2.18. The van der Waals surface area contributed by atoms with E-state index in [-0.39, 0.29) is 11.9 Å². The maximum atomic E-state index is 12.7. The predicted octanol–water partition coefficient (Wildman–Crippen LogP) is 3.99. The first-order valence-electron chi connectivity index (χ1n) is 9.22. The van der Waals surface area contributed by atoms with Crippen molar-refractivity contribution in [1.82, 2.24) is 15.3 Å². The maximum absolute atomic E-state index is 12.7. The average molecular weight is 354 g/mol. The van der Waals surface area contributed by atoms with Crippen molar-refractivity contribution in [3.8, 4) is 5.75 Å². The number of anilines is 2. The quantitative estimate of drug-likeness (QED) is 0.794. The van der Waals surface area contributed by atoms with E-state index in [9.17, 15) is 4.79 Å². The van der Waals surface area contributed by atoms with Gasteiger partial charge in [0.1, 0.15) is 23.1 Å². The average Bonchev–Trinajstić information content (AvgIpc) is 2.90. The fourth-order valence-corrected chi connectivity index (χ4v) is 3.32. The van der Waals surface area contributed by atoms with E-state index in [2.05, 4.69) is 20.6 Å². The number of carbonyl (C=O) groups excluding carboxylic acids is 1. The first-order chi connectivity index (χ1) is 12.7. The summed E-state index contributed by atoms with van der Waals surface area (Å²) in [5, 5.41) is 6.35. The lowest BCUT2D eigenvalue weighted by Crippen LogP contribution is -2.35. The summed E-state index contributed by atoms with van der Waals surface area (Å²) in [5.41, 5.74) is 1.18. The molecule has 2 aromatic rings. The molecule has 6 nitrogen and oxygen atoms in total. The van der Waals surface area contributed by atoms with Crippen LogP contribution in [0.15, 0.2) is 30.3 Å². The highest BCUT2D eigenvalue weighted by Crippen LogP contribution is 2.26. The molecule has 0 radical (unpaired) electrons. The number of methoxy groups -OCH3 is 1. The van der Waals surface area contributed by atoms with Gasteiger partial charge >= 0.3 is 0 Å². The molecule has 1 aromatic carbocycles. The van der Waals surface area contributed by atoms with E-state index < -0.39 is 0 Å². The third-order valence-electron chi connectivity index (χ3n) is 4.63. The van der Waals surface area contributed by atoms with Crippen LogP contribution in [0.1, 0.15) is 54.8 Å². The lowest BCUT2D eigenvalue weighted by Gasteiger charge is -2.16. The molecule has 26 heavy (non-hydrogen) atoms. The normalized spacial score (nSPS) is 15.2. The van der Waals surface area contributed by atoms with E-state index >= 15 is 0 Å². The molecule has 1 heterocycles. The van der Waals surface area contributed by atoms with Crippen LogP contribution in [0.2, 0.25) is 0 Å². The van der Waals surface area contributed by atoms with Gasteiger partial charge in [-0.25, -0.2) is 9.97 Å². The van der Waals surface area contributed by atoms with Gasteiger partial charge in [0.25, 0.3) is 5.91 Å². The summed E-state index contributed by atoms with van der Waals surface area (Å²) in [5.74, 6) is 1.71. The van der Waals surface area contributed by atoms with Crippen LogP contribution in [0.3, 0.4) is 0 Å². The van der Waals surface area contributed by atoms with E-state index in [1.54, 1.807) is 20.1 Å². The molecule has 1 aliphatic rings. The molecule has 2 N–H and O–H groups in total. The second kappa shape index (κ2) is 8.65. The van der Waals surface area contributed by atoms with Crippen molar-refractivity contribution in [2.75, 3.05) is 12.4 Å². The molecule has 1 aliphatic carbocycles. The first kappa shape index (κ1) is 18.2. The molecule has 138 valence electrons. The van der Waals surface area contributed by atoms with Gasteiger partial charge in [-0.05, 0) is 31.9 Å². The van der Waals surface area contributed by atoms with Gasteiger partial charge in [0.15, 0.2) is 0 Å². The Balaban J connectivity index is 1.75. The zero-order chi connectivity index (χ0) is 18.4. The minimum atomic E-state index is -0.134. The number of rotatable bonds is 5. The number of amides is 1. The molecule has 0 spiro atoms. The Morgan fingerprint density at radius 1 is 1.12 bits per heavy atom. The smallest absolute Gasteiger partial charge is 0.270 e. The summed E-state index contributed by atoms with van der Waals surface area (Å²) in [6, 6.07) is 9.52. The summed E-state index contributed by atoms with van der Waals surface area (Å²) in [4.78, 5) is 21.4. The molecule has 3 rings (SSSR count). The Kier molecular flexibility index (Phi) is 6.04. The number of nitrogens with zero attached hydrogens (tertiary/aromatic N) is 2. The van der Waals surface area contributed by atoms with Crippen LogP contribution in [0.25, 0.3) is 0 Å². The molecule has 1 aromatic heterocycles. The van der Waals surface area contributed by atoms with Gasteiger partial charge in [0.05, 0.1) is 12.8 Å². The maximum Gasteiger partial charge on any atom is 0.270 e. The molecule has 0 unspecified atom stereocenters. The standard InChI is InChI=1S/C20H26N4O2/c1-14-21-17(20(25)23-15-9-5-3-4-6-10-15)13-19(22-14)24-16-11-7-8-12-18(16)26-2/h7-8,11-13,15H,3-6,9-10H2,1-2H3,(H,23,25)(H,21,22,24). The third kappa shape index (κ3) is 4.71. The number of aryl methyl sites for hydroxylation is 1. The van der Waals surface area contributed by atoms with Crippen LogP contribution in [0, 0.1) is 6.92 Å². The van der Waals surface area contributed by atoms with Crippen LogP contribution in [0.5, 0.6) is 5.75 Å². The molecule has 0 saturated heterocycles. The van der Waals surface area contributed by atoms with Gasteiger partial charge in [-0.3, -0.25) is 4.79 Å². The topological polar surface area (TPSA) is 76.1 Å². The Bertz CT molecular complexity index is 755. The molecule has 6 heteroatoms. The monoisotopic (exact) mass is 354 g/mol. The van der Waals surface area contributed by atoms with Crippen molar-refractivity contribution in [2.24, 2.45) is 0 Å². The third-order valence-corrected chi connectivity index (χ3v) is 4.63. The molecule has 1 fully saturated rings. The van der Waals surface area contributed by atoms with Crippen molar-refractivity contribution < 1.29 is 9.53 Å². The van der Waals surface area contributed by atoms with E-state index in [1.807, 2.05) is 24.3 Å². The van der Waals surface area contributed by atoms with Gasteiger partial charge in [-0.1, -0.05) is 37.8 Å². The summed E-state index contributed by atoms with van der Waals surface area (Å²) in [6.45, 7) is 1.79. The number of hydrogen-bond donors (Lipinski definition) is 2. The van der Waals surface area contributed by atoms with Gasteiger partial charge in [0, 0.05) is 12.1 Å². The summed E-state index contributed by atoms with van der Waals surface area (Å²) in [6.07, 6.45) is 6.95. The van der Waals surface area contributed by atoms with Gasteiger partial charge in [-0.15, -0.1) is 0 Å². The Hall–Kier alpha value is -2.63. The number of aromatic nitrogens is 2. The van der Waals surface area contributed by atoms with Crippen molar-refractivity contribution in [1.29, 1.82) is 0 Å². The number of ether oxygens (including phenoxy) is 1. The van der Waals surface area contributed by atoms with Crippen molar-refractivity contribution in [3.63, 3.8) is 0 Å². The molecule has 1 saturated carbocycles. The predicted molar refractivity (Wildman–Crippen MR) is 102 cm³/mol. The number of hydrogen-bond acceptors (Lipinski definition) is 5. The molecule has 0 atom stereocenters.